The fraction of sp³-hybridized carbons (Fsp3) is 0.417. The van der Waals surface area contributed by atoms with Gasteiger partial charge >= 0.3 is 5.97 Å². The quantitative estimate of drug-likeness (QED) is 0.454. The molecule has 0 saturated carbocycles. The monoisotopic (exact) mass is 308 g/mol. The van der Waals surface area contributed by atoms with Crippen molar-refractivity contribution in [2.45, 2.75) is 11.8 Å². The molecule has 0 radical (unpaired) electrons. The molecule has 0 saturated heterocycles. The Morgan fingerprint density at radius 1 is 1.44 bits per heavy atom. The van der Waals surface area contributed by atoms with Crippen molar-refractivity contribution < 1.29 is 14.3 Å². The van der Waals surface area contributed by atoms with Crippen molar-refractivity contribution in [1.29, 1.82) is 0 Å². The van der Waals surface area contributed by atoms with Gasteiger partial charge in [0.05, 0.1) is 28.0 Å². The molecule has 0 N–H and O–H groups in total. The topological polar surface area (TPSA) is 35.5 Å². The second kappa shape index (κ2) is 7.77. The molecule has 0 aliphatic carbocycles. The average Bonchev–Trinajstić information content (AvgIpc) is 2.37. The molecule has 0 atom stereocenters. The summed E-state index contributed by atoms with van der Waals surface area (Å²) in [5.41, 5.74) is 0.457. The maximum absolute atomic E-state index is 11.8. The van der Waals surface area contributed by atoms with Crippen LogP contribution in [0.25, 0.3) is 0 Å². The van der Waals surface area contributed by atoms with Gasteiger partial charge in [0, 0.05) is 0 Å². The maximum atomic E-state index is 11.8. The van der Waals surface area contributed by atoms with E-state index in [-0.39, 0.29) is 5.97 Å². The summed E-state index contributed by atoms with van der Waals surface area (Å²) in [6.07, 6.45) is 1.85. The first kappa shape index (κ1) is 15.5. The Morgan fingerprint density at radius 2 is 2.17 bits per heavy atom. The second-order valence-electron chi connectivity index (χ2n) is 3.22. The third-order valence-corrected chi connectivity index (χ3v) is 3.35. The van der Waals surface area contributed by atoms with Crippen LogP contribution in [0.4, 0.5) is 0 Å². The Bertz CT molecular complexity index is 424. The minimum Gasteiger partial charge on any atom is -0.490 e. The molecule has 18 heavy (non-hydrogen) atoms. The maximum Gasteiger partial charge on any atom is 0.339 e. The average molecular weight is 309 g/mol. The van der Waals surface area contributed by atoms with Gasteiger partial charge in [-0.05, 0) is 25.3 Å². The standard InChI is InChI=1S/C12H14Cl2O3S/c1-3-16-12(15)8-4-5-9(14)10(11(8)18-2)17-7-6-13/h4-5H,3,6-7H2,1-2H3. The third-order valence-electron chi connectivity index (χ3n) is 2.09. The van der Waals surface area contributed by atoms with E-state index in [9.17, 15) is 4.79 Å². The zero-order chi connectivity index (χ0) is 13.5. The SMILES string of the molecule is CCOC(=O)c1ccc(Cl)c(OCCCl)c1SC. The number of carbonyl (C=O) groups is 1. The molecular weight excluding hydrogens is 295 g/mol. The van der Waals surface area contributed by atoms with Crippen molar-refractivity contribution in [3.05, 3.63) is 22.7 Å². The molecule has 0 unspecified atom stereocenters. The van der Waals surface area contributed by atoms with Gasteiger partial charge in [-0.3, -0.25) is 0 Å². The molecule has 0 aliphatic heterocycles. The number of carbonyl (C=O) groups excluding carboxylic acids is 1. The minimum absolute atomic E-state index is 0.327. The Morgan fingerprint density at radius 3 is 2.72 bits per heavy atom. The van der Waals surface area contributed by atoms with E-state index in [4.69, 9.17) is 32.7 Å². The van der Waals surface area contributed by atoms with E-state index in [2.05, 4.69) is 0 Å². The third kappa shape index (κ3) is 3.70. The highest BCUT2D eigenvalue weighted by molar-refractivity contribution is 7.98. The molecule has 1 aromatic rings. The van der Waals surface area contributed by atoms with Crippen molar-refractivity contribution in [3.8, 4) is 5.75 Å². The van der Waals surface area contributed by atoms with Gasteiger partial charge in [-0.1, -0.05) is 11.6 Å². The van der Waals surface area contributed by atoms with Gasteiger partial charge in [0.1, 0.15) is 6.61 Å². The van der Waals surface area contributed by atoms with E-state index >= 15 is 0 Å². The summed E-state index contributed by atoms with van der Waals surface area (Å²) < 4.78 is 10.5. The summed E-state index contributed by atoms with van der Waals surface area (Å²) in [6, 6.07) is 3.26. The zero-order valence-corrected chi connectivity index (χ0v) is 12.5. The lowest BCUT2D eigenvalue weighted by atomic mass is 10.2. The summed E-state index contributed by atoms with van der Waals surface area (Å²) in [7, 11) is 0. The Hall–Kier alpha value is -0.580. The molecule has 1 aromatic carbocycles. The van der Waals surface area contributed by atoms with Crippen molar-refractivity contribution in [3.63, 3.8) is 0 Å². The number of halogens is 2. The van der Waals surface area contributed by atoms with Crippen molar-refractivity contribution in [2.75, 3.05) is 25.3 Å². The van der Waals surface area contributed by atoms with Crippen LogP contribution in [-0.2, 0) is 4.74 Å². The van der Waals surface area contributed by atoms with Crippen LogP contribution in [0.15, 0.2) is 17.0 Å². The highest BCUT2D eigenvalue weighted by atomic mass is 35.5. The summed E-state index contributed by atoms with van der Waals surface area (Å²) >= 11 is 13.0. The summed E-state index contributed by atoms with van der Waals surface area (Å²) in [6.45, 7) is 2.42. The van der Waals surface area contributed by atoms with Crippen LogP contribution in [0.5, 0.6) is 5.75 Å². The predicted molar refractivity (Wildman–Crippen MR) is 75.4 cm³/mol. The van der Waals surface area contributed by atoms with E-state index in [1.807, 2.05) is 6.26 Å². The van der Waals surface area contributed by atoms with Crippen molar-refractivity contribution in [2.24, 2.45) is 0 Å². The minimum atomic E-state index is -0.380. The molecule has 0 amide bonds. The van der Waals surface area contributed by atoms with Crippen LogP contribution in [0, 0.1) is 0 Å². The fourth-order valence-electron chi connectivity index (χ4n) is 1.39. The zero-order valence-electron chi connectivity index (χ0n) is 10.2. The van der Waals surface area contributed by atoms with Gasteiger partial charge in [0.25, 0.3) is 0 Å². The van der Waals surface area contributed by atoms with E-state index in [1.165, 1.54) is 11.8 Å². The van der Waals surface area contributed by atoms with Gasteiger partial charge in [0.2, 0.25) is 0 Å². The van der Waals surface area contributed by atoms with Crippen LogP contribution in [0.1, 0.15) is 17.3 Å². The van der Waals surface area contributed by atoms with Gasteiger partial charge in [-0.25, -0.2) is 4.79 Å². The van der Waals surface area contributed by atoms with E-state index in [0.29, 0.717) is 40.3 Å². The largest absolute Gasteiger partial charge is 0.490 e. The Balaban J connectivity index is 3.15. The van der Waals surface area contributed by atoms with Gasteiger partial charge < -0.3 is 9.47 Å². The number of hydrogen-bond donors (Lipinski definition) is 0. The molecule has 0 heterocycles. The lowest BCUT2D eigenvalue weighted by Crippen LogP contribution is -2.08. The first-order chi connectivity index (χ1) is 8.65. The fourth-order valence-corrected chi connectivity index (χ4v) is 2.46. The van der Waals surface area contributed by atoms with Crippen LogP contribution in [0.3, 0.4) is 0 Å². The van der Waals surface area contributed by atoms with Gasteiger partial charge in [-0.2, -0.15) is 0 Å². The molecule has 1 rings (SSSR count). The summed E-state index contributed by atoms with van der Waals surface area (Å²) in [5.74, 6) is 0.456. The molecular formula is C12H14Cl2O3S. The lowest BCUT2D eigenvalue weighted by molar-refractivity contribution is 0.0521. The molecule has 3 nitrogen and oxygen atoms in total. The van der Waals surface area contributed by atoms with Gasteiger partial charge in [-0.15, -0.1) is 23.4 Å². The van der Waals surface area contributed by atoms with Crippen LogP contribution in [0.2, 0.25) is 5.02 Å². The number of thioether (sulfide) groups is 1. The normalized spacial score (nSPS) is 10.2. The van der Waals surface area contributed by atoms with Gasteiger partial charge in [0.15, 0.2) is 5.75 Å². The molecule has 6 heteroatoms. The summed E-state index contributed by atoms with van der Waals surface area (Å²) in [5, 5.41) is 0.456. The number of alkyl halides is 1. The van der Waals surface area contributed by atoms with Crippen LogP contribution < -0.4 is 4.74 Å². The number of esters is 1. The van der Waals surface area contributed by atoms with Crippen molar-refractivity contribution in [1.82, 2.24) is 0 Å². The summed E-state index contributed by atoms with van der Waals surface area (Å²) in [4.78, 5) is 12.5. The van der Waals surface area contributed by atoms with E-state index in [1.54, 1.807) is 19.1 Å². The molecule has 0 bridgehead atoms. The highest BCUT2D eigenvalue weighted by Crippen LogP contribution is 2.38. The second-order valence-corrected chi connectivity index (χ2v) is 4.82. The lowest BCUT2D eigenvalue weighted by Gasteiger charge is -2.14. The molecule has 0 fully saturated rings. The van der Waals surface area contributed by atoms with Crippen molar-refractivity contribution >= 4 is 40.9 Å². The first-order valence-corrected chi connectivity index (χ1v) is 7.51. The van der Waals surface area contributed by atoms with Crippen LogP contribution >= 0.6 is 35.0 Å². The molecule has 0 spiro atoms. The van der Waals surface area contributed by atoms with Crippen LogP contribution in [-0.4, -0.2) is 31.3 Å². The predicted octanol–water partition coefficient (Wildman–Crippen LogP) is 3.86. The van der Waals surface area contributed by atoms with E-state index in [0.717, 1.165) is 0 Å². The smallest absolute Gasteiger partial charge is 0.339 e. The number of benzene rings is 1. The molecule has 0 aliphatic rings. The number of rotatable bonds is 6. The highest BCUT2D eigenvalue weighted by Gasteiger charge is 2.19. The van der Waals surface area contributed by atoms with E-state index < -0.39 is 0 Å². The number of ether oxygens (including phenoxy) is 2. The Kier molecular flexibility index (Phi) is 6.68. The first-order valence-electron chi connectivity index (χ1n) is 5.38. The number of hydrogen-bond acceptors (Lipinski definition) is 4. The Labute approximate surface area is 121 Å². The molecule has 0 aromatic heterocycles. The molecule has 100 valence electrons.